The Morgan fingerprint density at radius 3 is 2.70 bits per heavy atom. The topological polar surface area (TPSA) is 49.9 Å². The van der Waals surface area contributed by atoms with Gasteiger partial charge in [0.05, 0.1) is 6.04 Å². The maximum Gasteiger partial charge on any atom is 0.261 e. The fourth-order valence-corrected chi connectivity index (χ4v) is 5.53. The minimum absolute atomic E-state index is 0.0348. The Morgan fingerprint density at radius 2 is 2.00 bits per heavy atom. The van der Waals surface area contributed by atoms with Crippen molar-refractivity contribution < 1.29 is 23.1 Å². The summed E-state index contributed by atoms with van der Waals surface area (Å²) in [5.74, 6) is -1.80. The van der Waals surface area contributed by atoms with E-state index in [1.54, 1.807) is 6.92 Å². The third-order valence-electron chi connectivity index (χ3n) is 6.60. The zero-order valence-corrected chi connectivity index (χ0v) is 15.6. The second-order valence-electron chi connectivity index (χ2n) is 8.16. The number of amides is 2. The predicted octanol–water partition coefficient (Wildman–Crippen LogP) is 2.73. The standard InChI is InChI=1S/C20H24F2N2O3/c1-12(25)23-10-14-9-20(2)17(23)4-3-5-18(20)24(14)19(26)11-27-16-7-6-13(21)8-15(16)22/h6-8,14,17-18H,3-5,9-11H2,1-2H3/t14-,17+,18-,20+/m0/s1. The van der Waals surface area contributed by atoms with E-state index in [2.05, 4.69) is 6.92 Å². The number of carbonyl (C=O) groups is 2. The van der Waals surface area contributed by atoms with Crippen molar-refractivity contribution in [2.24, 2.45) is 5.41 Å². The quantitative estimate of drug-likeness (QED) is 0.813. The highest BCUT2D eigenvalue weighted by molar-refractivity contribution is 5.80. The van der Waals surface area contributed by atoms with Crippen LogP contribution in [-0.2, 0) is 9.59 Å². The number of nitrogens with zero attached hydrogens (tertiary/aromatic N) is 2. The number of piperidine rings is 1. The van der Waals surface area contributed by atoms with Crippen LogP contribution in [-0.4, -0.2) is 52.9 Å². The molecule has 2 amide bonds. The second kappa shape index (κ2) is 6.46. The summed E-state index contributed by atoms with van der Waals surface area (Å²) in [7, 11) is 0. The first-order valence-corrected chi connectivity index (χ1v) is 9.47. The van der Waals surface area contributed by atoms with Crippen LogP contribution in [0.15, 0.2) is 18.2 Å². The average Bonchev–Trinajstić information content (AvgIpc) is 2.90. The number of hydrogen-bond donors (Lipinski definition) is 0. The third-order valence-corrected chi connectivity index (χ3v) is 6.60. The molecule has 0 radical (unpaired) electrons. The van der Waals surface area contributed by atoms with Crippen molar-refractivity contribution >= 4 is 11.8 Å². The molecule has 0 N–H and O–H groups in total. The molecule has 3 fully saturated rings. The van der Waals surface area contributed by atoms with Crippen molar-refractivity contribution in [2.75, 3.05) is 13.2 Å². The normalized spacial score (nSPS) is 31.8. The minimum Gasteiger partial charge on any atom is -0.481 e. The highest BCUT2D eigenvalue weighted by Crippen LogP contribution is 2.54. The fourth-order valence-electron chi connectivity index (χ4n) is 5.53. The monoisotopic (exact) mass is 378 g/mol. The van der Waals surface area contributed by atoms with E-state index in [0.717, 1.165) is 37.8 Å². The number of benzene rings is 1. The van der Waals surface area contributed by atoms with Crippen LogP contribution in [0, 0.1) is 17.0 Å². The molecule has 1 aliphatic carbocycles. The molecule has 2 aliphatic heterocycles. The molecule has 2 saturated heterocycles. The van der Waals surface area contributed by atoms with E-state index >= 15 is 0 Å². The first-order valence-electron chi connectivity index (χ1n) is 9.47. The lowest BCUT2D eigenvalue weighted by Crippen LogP contribution is -2.57. The summed E-state index contributed by atoms with van der Waals surface area (Å²) >= 11 is 0. The van der Waals surface area contributed by atoms with Crippen LogP contribution in [0.4, 0.5) is 8.78 Å². The zero-order chi connectivity index (χ0) is 19.3. The Balaban J connectivity index is 1.53. The van der Waals surface area contributed by atoms with Crippen LogP contribution in [0.3, 0.4) is 0 Å². The van der Waals surface area contributed by atoms with Gasteiger partial charge in [0.15, 0.2) is 18.2 Å². The van der Waals surface area contributed by atoms with Gasteiger partial charge in [0, 0.05) is 37.0 Å². The van der Waals surface area contributed by atoms with Gasteiger partial charge in [0.1, 0.15) is 5.82 Å². The Morgan fingerprint density at radius 1 is 1.26 bits per heavy atom. The average molecular weight is 378 g/mol. The van der Waals surface area contributed by atoms with E-state index in [-0.39, 0.29) is 47.7 Å². The molecule has 1 aromatic rings. The maximum atomic E-state index is 13.8. The second-order valence-corrected chi connectivity index (χ2v) is 8.16. The van der Waals surface area contributed by atoms with Crippen LogP contribution >= 0.6 is 0 Å². The van der Waals surface area contributed by atoms with Crippen LogP contribution in [0.25, 0.3) is 0 Å². The fraction of sp³-hybridized carbons (Fsp3) is 0.600. The van der Waals surface area contributed by atoms with E-state index in [1.165, 1.54) is 6.07 Å². The van der Waals surface area contributed by atoms with Gasteiger partial charge in [-0.05, 0) is 37.8 Å². The lowest BCUT2D eigenvalue weighted by molar-refractivity contribution is -0.138. The molecule has 1 aromatic carbocycles. The van der Waals surface area contributed by atoms with E-state index in [4.69, 9.17) is 4.74 Å². The van der Waals surface area contributed by atoms with Gasteiger partial charge in [-0.2, -0.15) is 0 Å². The summed E-state index contributed by atoms with van der Waals surface area (Å²) in [5, 5.41) is 0. The SMILES string of the molecule is CC(=O)N1C[C@@H]2C[C@@]3(C)[C@H](CCC[C@@H]13)N2C(=O)COc1ccc(F)cc1F. The Bertz CT molecular complexity index is 786. The van der Waals surface area contributed by atoms with Gasteiger partial charge in [-0.15, -0.1) is 0 Å². The Labute approximate surface area is 157 Å². The number of carbonyl (C=O) groups excluding carboxylic acids is 2. The van der Waals surface area contributed by atoms with Crippen LogP contribution in [0.1, 0.15) is 39.5 Å². The van der Waals surface area contributed by atoms with Gasteiger partial charge in [0.2, 0.25) is 5.91 Å². The first kappa shape index (κ1) is 18.2. The summed E-state index contributed by atoms with van der Waals surface area (Å²) in [4.78, 5) is 28.9. The molecule has 3 aliphatic rings. The highest BCUT2D eigenvalue weighted by Gasteiger charge is 2.61. The number of rotatable bonds is 3. The number of likely N-dealkylation sites (tertiary alicyclic amines) is 2. The number of halogens is 2. The molecule has 7 heteroatoms. The molecule has 0 aromatic heterocycles. The van der Waals surface area contributed by atoms with E-state index < -0.39 is 11.6 Å². The van der Waals surface area contributed by atoms with Crippen molar-refractivity contribution in [1.29, 1.82) is 0 Å². The molecule has 4 rings (SSSR count). The molecule has 146 valence electrons. The van der Waals surface area contributed by atoms with E-state index in [1.807, 2.05) is 9.80 Å². The van der Waals surface area contributed by atoms with Crippen molar-refractivity contribution in [1.82, 2.24) is 9.80 Å². The van der Waals surface area contributed by atoms with E-state index in [0.29, 0.717) is 6.54 Å². The maximum absolute atomic E-state index is 13.8. The van der Waals surface area contributed by atoms with Gasteiger partial charge < -0.3 is 14.5 Å². The summed E-state index contributed by atoms with van der Waals surface area (Å²) in [6, 6.07) is 3.23. The first-order chi connectivity index (χ1) is 12.8. The Hall–Kier alpha value is -2.18. The van der Waals surface area contributed by atoms with Gasteiger partial charge in [-0.3, -0.25) is 9.59 Å². The van der Waals surface area contributed by atoms with Crippen molar-refractivity contribution in [3.63, 3.8) is 0 Å². The smallest absolute Gasteiger partial charge is 0.261 e. The van der Waals surface area contributed by atoms with Gasteiger partial charge in [-0.1, -0.05) is 6.92 Å². The Kier molecular flexibility index (Phi) is 4.35. The highest BCUT2D eigenvalue weighted by atomic mass is 19.1. The molecule has 0 spiro atoms. The van der Waals surface area contributed by atoms with Gasteiger partial charge >= 0.3 is 0 Å². The van der Waals surface area contributed by atoms with Crippen molar-refractivity contribution in [3.8, 4) is 5.75 Å². The zero-order valence-electron chi connectivity index (χ0n) is 15.6. The van der Waals surface area contributed by atoms with E-state index in [9.17, 15) is 18.4 Å². The largest absolute Gasteiger partial charge is 0.481 e. The molecule has 4 atom stereocenters. The van der Waals surface area contributed by atoms with Crippen LogP contribution in [0.5, 0.6) is 5.75 Å². The number of hydrogen-bond acceptors (Lipinski definition) is 3. The lowest BCUT2D eigenvalue weighted by atomic mass is 9.66. The van der Waals surface area contributed by atoms with Crippen molar-refractivity contribution in [3.05, 3.63) is 29.8 Å². The predicted molar refractivity (Wildman–Crippen MR) is 94.0 cm³/mol. The molecule has 27 heavy (non-hydrogen) atoms. The molecule has 2 heterocycles. The molecule has 2 bridgehead atoms. The van der Waals surface area contributed by atoms with Crippen LogP contribution < -0.4 is 4.74 Å². The summed E-state index contributed by atoms with van der Waals surface area (Å²) in [6.45, 7) is 4.01. The molecule has 1 saturated carbocycles. The molecule has 5 nitrogen and oxygen atoms in total. The third kappa shape index (κ3) is 2.87. The number of fused-ring (bicyclic) bond motifs is 1. The van der Waals surface area contributed by atoms with Gasteiger partial charge in [0.25, 0.3) is 5.91 Å². The summed E-state index contributed by atoms with van der Waals surface area (Å²) < 4.78 is 32.1. The molecular weight excluding hydrogens is 354 g/mol. The summed E-state index contributed by atoms with van der Waals surface area (Å²) in [6.07, 6.45) is 3.73. The van der Waals surface area contributed by atoms with Crippen molar-refractivity contribution in [2.45, 2.75) is 57.7 Å². The van der Waals surface area contributed by atoms with Crippen LogP contribution in [0.2, 0.25) is 0 Å². The minimum atomic E-state index is -0.824. The molecular formula is C20H24F2N2O3. The van der Waals surface area contributed by atoms with Gasteiger partial charge in [-0.25, -0.2) is 8.78 Å². The lowest BCUT2D eigenvalue weighted by Gasteiger charge is -2.49. The number of ether oxygens (including phenoxy) is 1. The summed E-state index contributed by atoms with van der Waals surface area (Å²) in [5.41, 5.74) is -0.108. The molecule has 0 unspecified atom stereocenters.